The number of ether oxygens (including phenoxy) is 2. The van der Waals surface area contributed by atoms with Crippen molar-refractivity contribution in [3.63, 3.8) is 0 Å². The number of nitrogens with zero attached hydrogens (tertiary/aromatic N) is 1. The van der Waals surface area contributed by atoms with Gasteiger partial charge in [-0.05, 0) is 43.5 Å². The van der Waals surface area contributed by atoms with Gasteiger partial charge < -0.3 is 19.5 Å². The summed E-state index contributed by atoms with van der Waals surface area (Å²) in [5.41, 5.74) is 1.05. The number of carbonyl (C=O) groups excluding carboxylic acids is 1. The molecule has 0 saturated carbocycles. The van der Waals surface area contributed by atoms with Crippen LogP contribution in [-0.2, 0) is 14.3 Å². The topological polar surface area (TPSA) is 59.0 Å². The molecule has 1 aromatic carbocycles. The molecule has 1 heterocycles. The second-order valence-electron chi connectivity index (χ2n) is 6.28. The van der Waals surface area contributed by atoms with Gasteiger partial charge in [0, 0.05) is 44.2 Å². The van der Waals surface area contributed by atoms with E-state index in [2.05, 4.69) is 0 Å². The Kier molecular flexibility index (Phi) is 7.29. The molecule has 2 rings (SSSR count). The summed E-state index contributed by atoms with van der Waals surface area (Å²) in [5, 5.41) is 9.91. The van der Waals surface area contributed by atoms with Crippen molar-refractivity contribution >= 4 is 17.5 Å². The van der Waals surface area contributed by atoms with Gasteiger partial charge in [0.15, 0.2) is 5.76 Å². The highest BCUT2D eigenvalue weighted by molar-refractivity contribution is 6.30. The standard InChI is InChI=1S/C19H26ClNO4/c1-4-24-19-15(6-5-11-22)16(13-7-9-14(20)10-8-13)12-17(25-19)18(23)21(2)3/h7-10,12,15-16,19,22H,4-6,11H2,1-3H3/t15-,16-,19-/m0/s1. The van der Waals surface area contributed by atoms with Gasteiger partial charge in [-0.15, -0.1) is 0 Å². The van der Waals surface area contributed by atoms with Crippen LogP contribution >= 0.6 is 11.6 Å². The van der Waals surface area contributed by atoms with Crippen molar-refractivity contribution in [1.82, 2.24) is 4.90 Å². The first-order valence-corrected chi connectivity index (χ1v) is 8.93. The lowest BCUT2D eigenvalue weighted by Gasteiger charge is -2.37. The first kappa shape index (κ1) is 19.8. The predicted octanol–water partition coefficient (Wildman–Crippen LogP) is 3.18. The maximum absolute atomic E-state index is 12.4. The van der Waals surface area contributed by atoms with Crippen molar-refractivity contribution in [2.75, 3.05) is 27.3 Å². The van der Waals surface area contributed by atoms with Gasteiger partial charge in [-0.3, -0.25) is 4.79 Å². The van der Waals surface area contributed by atoms with Crippen LogP contribution in [0.25, 0.3) is 0 Å². The molecule has 138 valence electrons. The van der Waals surface area contributed by atoms with E-state index in [1.54, 1.807) is 14.1 Å². The minimum atomic E-state index is -0.527. The molecule has 1 amide bonds. The average molecular weight is 368 g/mol. The number of hydrogen-bond donors (Lipinski definition) is 1. The van der Waals surface area contributed by atoms with Gasteiger partial charge in [-0.1, -0.05) is 23.7 Å². The van der Waals surface area contributed by atoms with Gasteiger partial charge in [0.1, 0.15) is 0 Å². The lowest BCUT2D eigenvalue weighted by atomic mass is 9.80. The summed E-state index contributed by atoms with van der Waals surface area (Å²) in [6.07, 6.45) is 2.71. The normalized spacial score (nSPS) is 22.9. The molecule has 25 heavy (non-hydrogen) atoms. The molecule has 0 aromatic heterocycles. The highest BCUT2D eigenvalue weighted by Crippen LogP contribution is 2.39. The Morgan fingerprint density at radius 2 is 2.00 bits per heavy atom. The number of rotatable bonds is 7. The fourth-order valence-electron chi connectivity index (χ4n) is 3.04. The summed E-state index contributed by atoms with van der Waals surface area (Å²) in [4.78, 5) is 13.9. The number of benzene rings is 1. The Balaban J connectivity index is 2.42. The van der Waals surface area contributed by atoms with Crippen LogP contribution in [0.15, 0.2) is 36.1 Å². The van der Waals surface area contributed by atoms with E-state index in [0.717, 1.165) is 12.0 Å². The average Bonchev–Trinajstić information content (AvgIpc) is 2.60. The Morgan fingerprint density at radius 3 is 2.56 bits per heavy atom. The van der Waals surface area contributed by atoms with Crippen LogP contribution in [0.3, 0.4) is 0 Å². The molecule has 5 nitrogen and oxygen atoms in total. The zero-order chi connectivity index (χ0) is 18.4. The maximum atomic E-state index is 12.4. The fraction of sp³-hybridized carbons (Fsp3) is 0.526. The van der Waals surface area contributed by atoms with Crippen LogP contribution in [0.4, 0.5) is 0 Å². The molecule has 3 atom stereocenters. The molecule has 1 aromatic rings. The summed E-state index contributed by atoms with van der Waals surface area (Å²) in [6.45, 7) is 2.49. The highest BCUT2D eigenvalue weighted by atomic mass is 35.5. The number of hydrogen-bond acceptors (Lipinski definition) is 4. The Labute approximate surface area is 154 Å². The van der Waals surface area contributed by atoms with Gasteiger partial charge in [0.2, 0.25) is 6.29 Å². The summed E-state index contributed by atoms with van der Waals surface area (Å²) >= 11 is 6.01. The SMILES string of the molecule is CCO[C@H]1OC(C(=O)N(C)C)=C[C@@H](c2ccc(Cl)cc2)[C@@H]1CCCO. The van der Waals surface area contributed by atoms with Crippen LogP contribution in [0, 0.1) is 5.92 Å². The third-order valence-corrected chi connectivity index (χ3v) is 4.54. The monoisotopic (exact) mass is 367 g/mol. The first-order valence-electron chi connectivity index (χ1n) is 8.56. The number of amides is 1. The maximum Gasteiger partial charge on any atom is 0.288 e. The number of carbonyl (C=O) groups is 1. The predicted molar refractivity (Wildman–Crippen MR) is 97.3 cm³/mol. The Hall–Kier alpha value is -1.56. The molecule has 6 heteroatoms. The van der Waals surface area contributed by atoms with E-state index in [9.17, 15) is 9.90 Å². The molecule has 0 radical (unpaired) electrons. The zero-order valence-electron chi connectivity index (χ0n) is 14.9. The first-order chi connectivity index (χ1) is 12.0. The Bertz CT molecular complexity index is 600. The summed E-state index contributed by atoms with van der Waals surface area (Å²) < 4.78 is 11.7. The van der Waals surface area contributed by atoms with Crippen molar-refractivity contribution in [3.05, 3.63) is 46.7 Å². The molecule has 0 bridgehead atoms. The van der Waals surface area contributed by atoms with Gasteiger partial charge in [0.05, 0.1) is 0 Å². The fourth-order valence-corrected chi connectivity index (χ4v) is 3.17. The number of aliphatic hydroxyl groups is 1. The van der Waals surface area contributed by atoms with Crippen molar-refractivity contribution in [3.8, 4) is 0 Å². The molecule has 0 fully saturated rings. The number of halogens is 1. The molecule has 1 aliphatic heterocycles. The van der Waals surface area contributed by atoms with E-state index in [4.69, 9.17) is 21.1 Å². The molecule has 0 aliphatic carbocycles. The second kappa shape index (κ2) is 9.22. The van der Waals surface area contributed by atoms with Crippen LogP contribution in [-0.4, -0.2) is 49.5 Å². The van der Waals surface area contributed by atoms with Gasteiger partial charge in [0.25, 0.3) is 5.91 Å². The summed E-state index contributed by atoms with van der Waals surface area (Å²) in [7, 11) is 3.38. The highest BCUT2D eigenvalue weighted by Gasteiger charge is 2.38. The van der Waals surface area contributed by atoms with E-state index in [0.29, 0.717) is 23.8 Å². The lowest BCUT2D eigenvalue weighted by molar-refractivity contribution is -0.169. The smallest absolute Gasteiger partial charge is 0.288 e. The summed E-state index contributed by atoms with van der Waals surface area (Å²) in [6, 6.07) is 7.60. The van der Waals surface area contributed by atoms with E-state index in [-0.39, 0.29) is 24.3 Å². The van der Waals surface area contributed by atoms with Crippen molar-refractivity contribution in [1.29, 1.82) is 0 Å². The zero-order valence-corrected chi connectivity index (χ0v) is 15.7. The van der Waals surface area contributed by atoms with E-state index in [1.165, 1.54) is 4.90 Å². The van der Waals surface area contributed by atoms with Gasteiger partial charge in [-0.2, -0.15) is 0 Å². The number of allylic oxidation sites excluding steroid dienone is 1. The molecular weight excluding hydrogens is 342 g/mol. The number of aliphatic hydroxyl groups excluding tert-OH is 1. The minimum Gasteiger partial charge on any atom is -0.459 e. The van der Waals surface area contributed by atoms with Gasteiger partial charge >= 0.3 is 0 Å². The minimum absolute atomic E-state index is 0.00647. The van der Waals surface area contributed by atoms with Crippen molar-refractivity contribution in [2.24, 2.45) is 5.92 Å². The molecule has 0 unspecified atom stereocenters. The Morgan fingerprint density at radius 1 is 1.32 bits per heavy atom. The largest absolute Gasteiger partial charge is 0.459 e. The molecule has 0 spiro atoms. The van der Waals surface area contributed by atoms with Gasteiger partial charge in [-0.25, -0.2) is 0 Å². The second-order valence-corrected chi connectivity index (χ2v) is 6.72. The quantitative estimate of drug-likeness (QED) is 0.804. The van der Waals surface area contributed by atoms with Crippen LogP contribution in [0.1, 0.15) is 31.2 Å². The molecule has 1 aliphatic rings. The van der Waals surface area contributed by atoms with E-state index in [1.807, 2.05) is 37.3 Å². The lowest BCUT2D eigenvalue weighted by Crippen LogP contribution is -2.38. The van der Waals surface area contributed by atoms with E-state index < -0.39 is 6.29 Å². The third-order valence-electron chi connectivity index (χ3n) is 4.28. The van der Waals surface area contributed by atoms with Crippen molar-refractivity contribution in [2.45, 2.75) is 32.0 Å². The van der Waals surface area contributed by atoms with Crippen molar-refractivity contribution < 1.29 is 19.4 Å². The number of likely N-dealkylation sites (N-methyl/N-ethyl adjacent to an activating group) is 1. The summed E-state index contributed by atoms with van der Waals surface area (Å²) in [5.74, 6) is 0.0629. The molecule has 1 N–H and O–H groups in total. The molecule has 0 saturated heterocycles. The third kappa shape index (κ3) is 4.97. The van der Waals surface area contributed by atoms with E-state index >= 15 is 0 Å². The van der Waals surface area contributed by atoms with Crippen LogP contribution < -0.4 is 0 Å². The molecular formula is C19H26ClNO4. The van der Waals surface area contributed by atoms with Crippen LogP contribution in [0.2, 0.25) is 5.02 Å². The van der Waals surface area contributed by atoms with Crippen LogP contribution in [0.5, 0.6) is 0 Å².